The Morgan fingerprint density at radius 1 is 1.28 bits per heavy atom. The number of rotatable bonds is 3. The maximum Gasteiger partial charge on any atom is 0.132 e. The van der Waals surface area contributed by atoms with Crippen molar-refractivity contribution in [2.45, 2.75) is 19.9 Å². The summed E-state index contributed by atoms with van der Waals surface area (Å²) in [6.45, 7) is 4.02. The van der Waals surface area contributed by atoms with E-state index in [0.29, 0.717) is 0 Å². The largest absolute Gasteiger partial charge is 0.399 e. The maximum atomic E-state index is 5.82. The standard InChI is InChI=1S/C14H18N4/c1-10(12-5-4-6-13(15)9-12)18(3)14-7-8-16-11(2)17-14/h4-10H,15H2,1-3H3. The highest BCUT2D eigenvalue weighted by molar-refractivity contribution is 5.45. The molecule has 4 heteroatoms. The van der Waals surface area contributed by atoms with Crippen molar-refractivity contribution in [3.8, 4) is 0 Å². The molecule has 4 nitrogen and oxygen atoms in total. The highest BCUT2D eigenvalue weighted by atomic mass is 15.2. The fourth-order valence-electron chi connectivity index (χ4n) is 1.88. The van der Waals surface area contributed by atoms with Crippen LogP contribution in [0, 0.1) is 6.92 Å². The van der Waals surface area contributed by atoms with Gasteiger partial charge >= 0.3 is 0 Å². The van der Waals surface area contributed by atoms with E-state index in [1.807, 2.05) is 38.2 Å². The van der Waals surface area contributed by atoms with Crippen LogP contribution in [-0.4, -0.2) is 17.0 Å². The van der Waals surface area contributed by atoms with E-state index in [4.69, 9.17) is 5.73 Å². The molecule has 0 radical (unpaired) electrons. The smallest absolute Gasteiger partial charge is 0.132 e. The molecular formula is C14H18N4. The van der Waals surface area contributed by atoms with Crippen LogP contribution < -0.4 is 10.6 Å². The fourth-order valence-corrected chi connectivity index (χ4v) is 1.88. The van der Waals surface area contributed by atoms with Gasteiger partial charge in [-0.25, -0.2) is 9.97 Å². The molecule has 0 aliphatic carbocycles. The van der Waals surface area contributed by atoms with Gasteiger partial charge in [-0.15, -0.1) is 0 Å². The zero-order valence-corrected chi connectivity index (χ0v) is 11.0. The Kier molecular flexibility index (Phi) is 3.46. The summed E-state index contributed by atoms with van der Waals surface area (Å²) >= 11 is 0. The molecule has 1 atom stereocenters. The zero-order chi connectivity index (χ0) is 13.1. The Morgan fingerprint density at radius 3 is 2.72 bits per heavy atom. The Labute approximate surface area is 107 Å². The third kappa shape index (κ3) is 2.59. The molecule has 0 fully saturated rings. The summed E-state index contributed by atoms with van der Waals surface area (Å²) in [5.74, 6) is 1.69. The first-order chi connectivity index (χ1) is 8.58. The fraction of sp³-hybridized carbons (Fsp3) is 0.286. The van der Waals surface area contributed by atoms with E-state index < -0.39 is 0 Å². The van der Waals surface area contributed by atoms with Gasteiger partial charge in [0, 0.05) is 18.9 Å². The molecule has 2 rings (SSSR count). The molecule has 94 valence electrons. The quantitative estimate of drug-likeness (QED) is 0.840. The second kappa shape index (κ2) is 5.04. The van der Waals surface area contributed by atoms with Gasteiger partial charge in [-0.3, -0.25) is 0 Å². The summed E-state index contributed by atoms with van der Waals surface area (Å²) in [5, 5.41) is 0. The summed E-state index contributed by atoms with van der Waals surface area (Å²) in [5.41, 5.74) is 7.77. The summed E-state index contributed by atoms with van der Waals surface area (Å²) in [7, 11) is 2.02. The average Bonchev–Trinajstić information content (AvgIpc) is 2.37. The van der Waals surface area contributed by atoms with Crippen LogP contribution >= 0.6 is 0 Å². The van der Waals surface area contributed by atoms with Gasteiger partial charge in [-0.05, 0) is 37.6 Å². The molecule has 1 aromatic heterocycles. The second-order valence-corrected chi connectivity index (χ2v) is 4.42. The lowest BCUT2D eigenvalue weighted by Gasteiger charge is -2.26. The Bertz CT molecular complexity index is 489. The van der Waals surface area contributed by atoms with Gasteiger partial charge in [-0.2, -0.15) is 0 Å². The number of nitrogens with zero attached hydrogens (tertiary/aromatic N) is 3. The van der Waals surface area contributed by atoms with Crippen LogP contribution in [0.25, 0.3) is 0 Å². The van der Waals surface area contributed by atoms with E-state index in [0.717, 1.165) is 17.3 Å². The summed E-state index contributed by atoms with van der Waals surface area (Å²) in [4.78, 5) is 10.7. The van der Waals surface area contributed by atoms with Crippen molar-refractivity contribution >= 4 is 11.5 Å². The topological polar surface area (TPSA) is 55.0 Å². The van der Waals surface area contributed by atoms with E-state index in [-0.39, 0.29) is 6.04 Å². The van der Waals surface area contributed by atoms with Crippen molar-refractivity contribution < 1.29 is 0 Å². The first-order valence-corrected chi connectivity index (χ1v) is 5.96. The van der Waals surface area contributed by atoms with Gasteiger partial charge in [0.15, 0.2) is 0 Å². The van der Waals surface area contributed by atoms with Gasteiger partial charge in [0.25, 0.3) is 0 Å². The molecule has 0 saturated carbocycles. The lowest BCUT2D eigenvalue weighted by atomic mass is 10.1. The third-order valence-electron chi connectivity index (χ3n) is 3.10. The number of aromatic nitrogens is 2. The van der Waals surface area contributed by atoms with Crippen LogP contribution in [0.3, 0.4) is 0 Å². The summed E-state index contributed by atoms with van der Waals surface area (Å²) < 4.78 is 0. The van der Waals surface area contributed by atoms with Crippen molar-refractivity contribution in [1.82, 2.24) is 9.97 Å². The molecule has 0 aliphatic heterocycles. The number of nitrogens with two attached hydrogens (primary N) is 1. The summed E-state index contributed by atoms with van der Waals surface area (Å²) in [6, 6.07) is 10.1. The molecule has 0 spiro atoms. The van der Waals surface area contributed by atoms with E-state index in [1.54, 1.807) is 6.20 Å². The Morgan fingerprint density at radius 2 is 2.06 bits per heavy atom. The molecule has 18 heavy (non-hydrogen) atoms. The van der Waals surface area contributed by atoms with Crippen molar-refractivity contribution in [3.05, 3.63) is 47.9 Å². The number of aryl methyl sites for hydroxylation is 1. The van der Waals surface area contributed by atoms with Crippen LogP contribution in [0.1, 0.15) is 24.4 Å². The molecule has 2 N–H and O–H groups in total. The molecule has 1 aromatic carbocycles. The highest BCUT2D eigenvalue weighted by Crippen LogP contribution is 2.24. The molecule has 0 saturated heterocycles. The predicted molar refractivity (Wildman–Crippen MR) is 74.4 cm³/mol. The first kappa shape index (κ1) is 12.4. The third-order valence-corrected chi connectivity index (χ3v) is 3.10. The number of hydrogen-bond donors (Lipinski definition) is 1. The normalized spacial score (nSPS) is 12.2. The number of anilines is 2. The number of hydrogen-bond acceptors (Lipinski definition) is 4. The Balaban J connectivity index is 2.26. The minimum Gasteiger partial charge on any atom is -0.399 e. The average molecular weight is 242 g/mol. The van der Waals surface area contributed by atoms with Gasteiger partial charge < -0.3 is 10.6 Å². The van der Waals surface area contributed by atoms with Crippen LogP contribution in [0.2, 0.25) is 0 Å². The monoisotopic (exact) mass is 242 g/mol. The van der Waals surface area contributed by atoms with Gasteiger partial charge in [0.1, 0.15) is 11.6 Å². The van der Waals surface area contributed by atoms with Crippen molar-refractivity contribution in [1.29, 1.82) is 0 Å². The van der Waals surface area contributed by atoms with E-state index >= 15 is 0 Å². The molecule has 0 aliphatic rings. The SMILES string of the molecule is Cc1nccc(N(C)C(C)c2cccc(N)c2)n1. The van der Waals surface area contributed by atoms with Crippen LogP contribution in [0.4, 0.5) is 11.5 Å². The molecular weight excluding hydrogens is 224 g/mol. The van der Waals surface area contributed by atoms with Crippen molar-refractivity contribution in [2.75, 3.05) is 17.7 Å². The summed E-state index contributed by atoms with van der Waals surface area (Å²) in [6.07, 6.45) is 1.78. The molecule has 1 heterocycles. The zero-order valence-electron chi connectivity index (χ0n) is 11.0. The van der Waals surface area contributed by atoms with E-state index in [9.17, 15) is 0 Å². The molecule has 2 aromatic rings. The van der Waals surface area contributed by atoms with Crippen LogP contribution in [-0.2, 0) is 0 Å². The molecule has 0 bridgehead atoms. The lowest BCUT2D eigenvalue weighted by molar-refractivity contribution is 0.725. The maximum absolute atomic E-state index is 5.82. The highest BCUT2D eigenvalue weighted by Gasteiger charge is 2.13. The Hall–Kier alpha value is -2.10. The number of nitrogen functional groups attached to an aromatic ring is 1. The van der Waals surface area contributed by atoms with E-state index in [1.165, 1.54) is 5.56 Å². The number of benzene rings is 1. The molecule has 1 unspecified atom stereocenters. The lowest BCUT2D eigenvalue weighted by Crippen LogP contribution is -2.23. The predicted octanol–water partition coefficient (Wildman–Crippen LogP) is 2.56. The van der Waals surface area contributed by atoms with Crippen molar-refractivity contribution in [3.63, 3.8) is 0 Å². The molecule has 0 amide bonds. The van der Waals surface area contributed by atoms with Crippen LogP contribution in [0.15, 0.2) is 36.5 Å². The van der Waals surface area contributed by atoms with Crippen LogP contribution in [0.5, 0.6) is 0 Å². The second-order valence-electron chi connectivity index (χ2n) is 4.42. The van der Waals surface area contributed by atoms with Gasteiger partial charge in [0.2, 0.25) is 0 Å². The van der Waals surface area contributed by atoms with Crippen molar-refractivity contribution in [2.24, 2.45) is 0 Å². The minimum atomic E-state index is 0.211. The van der Waals surface area contributed by atoms with Gasteiger partial charge in [0.05, 0.1) is 6.04 Å². The van der Waals surface area contributed by atoms with Gasteiger partial charge in [-0.1, -0.05) is 12.1 Å². The minimum absolute atomic E-state index is 0.211. The van der Waals surface area contributed by atoms with E-state index in [2.05, 4.69) is 27.9 Å². The first-order valence-electron chi connectivity index (χ1n) is 5.96.